The van der Waals surface area contributed by atoms with Gasteiger partial charge in [-0.2, -0.15) is 0 Å². The lowest BCUT2D eigenvalue weighted by Crippen LogP contribution is -2.11. The van der Waals surface area contributed by atoms with Crippen molar-refractivity contribution in [3.8, 4) is 0 Å². The molecule has 1 N–H and O–H groups in total. The fraction of sp³-hybridized carbons (Fsp3) is 0.357. The van der Waals surface area contributed by atoms with Crippen molar-refractivity contribution in [3.05, 3.63) is 29.6 Å². The van der Waals surface area contributed by atoms with E-state index in [2.05, 4.69) is 4.98 Å². The molecule has 0 amide bonds. The summed E-state index contributed by atoms with van der Waals surface area (Å²) in [4.78, 5) is 26.9. The zero-order valence-corrected chi connectivity index (χ0v) is 10.6. The Hall–Kier alpha value is -2.17. The maximum absolute atomic E-state index is 11.4. The number of benzene rings is 1. The fourth-order valence-corrected chi connectivity index (χ4v) is 2.32. The van der Waals surface area contributed by atoms with Crippen LogP contribution in [0.4, 0.5) is 0 Å². The number of aliphatic carboxylic acids is 1. The first-order valence-electron chi connectivity index (χ1n) is 6.29. The highest BCUT2D eigenvalue weighted by Gasteiger charge is 2.30. The Balaban J connectivity index is 2.17. The summed E-state index contributed by atoms with van der Waals surface area (Å²) in [6, 6.07) is 5.25. The molecule has 3 rings (SSSR count). The van der Waals surface area contributed by atoms with Gasteiger partial charge in [0.15, 0.2) is 5.78 Å². The van der Waals surface area contributed by atoms with Gasteiger partial charge in [-0.25, -0.2) is 4.98 Å². The van der Waals surface area contributed by atoms with Crippen molar-refractivity contribution in [2.45, 2.75) is 32.2 Å². The molecule has 0 radical (unpaired) electrons. The minimum absolute atomic E-state index is 0.0114. The molecule has 1 aromatic carbocycles. The number of hydrogen-bond acceptors (Lipinski definition) is 3. The summed E-state index contributed by atoms with van der Waals surface area (Å²) in [6.45, 7) is 1.43. The molecule has 2 aromatic rings. The van der Waals surface area contributed by atoms with Gasteiger partial charge >= 0.3 is 5.97 Å². The van der Waals surface area contributed by atoms with Gasteiger partial charge in [0, 0.05) is 11.5 Å². The van der Waals surface area contributed by atoms with Gasteiger partial charge in [0.2, 0.25) is 0 Å². The number of ketones is 1. The molecule has 1 fully saturated rings. The number of carboxylic acid groups (broad SMARTS) is 1. The molecule has 1 aliphatic carbocycles. The minimum atomic E-state index is -0.878. The molecule has 1 aliphatic rings. The van der Waals surface area contributed by atoms with Crippen LogP contribution in [0.25, 0.3) is 11.0 Å². The SMILES string of the molecule is CC(=O)c1ccc2c(c1)nc(C1CC1)n2CC(=O)O. The first kappa shape index (κ1) is 11.9. The van der Waals surface area contributed by atoms with E-state index in [4.69, 9.17) is 5.11 Å². The Morgan fingerprint density at radius 1 is 1.42 bits per heavy atom. The Labute approximate surface area is 109 Å². The molecule has 0 spiro atoms. The Morgan fingerprint density at radius 2 is 2.16 bits per heavy atom. The molecule has 0 saturated heterocycles. The average molecular weight is 258 g/mol. The topological polar surface area (TPSA) is 72.2 Å². The van der Waals surface area contributed by atoms with Crippen molar-refractivity contribution in [3.63, 3.8) is 0 Å². The number of hydrogen-bond donors (Lipinski definition) is 1. The number of imidazole rings is 1. The van der Waals surface area contributed by atoms with E-state index in [0.29, 0.717) is 17.0 Å². The van der Waals surface area contributed by atoms with E-state index in [1.807, 2.05) is 0 Å². The second-order valence-corrected chi connectivity index (χ2v) is 4.98. The van der Waals surface area contributed by atoms with Crippen LogP contribution in [0.5, 0.6) is 0 Å². The molecule has 1 heterocycles. The standard InChI is InChI=1S/C14H14N2O3/c1-8(17)10-4-5-12-11(6-10)15-14(9-2-3-9)16(12)7-13(18)19/h4-6,9H,2-3,7H2,1H3,(H,18,19). The molecule has 19 heavy (non-hydrogen) atoms. The first-order valence-corrected chi connectivity index (χ1v) is 6.29. The van der Waals surface area contributed by atoms with Gasteiger partial charge in [-0.05, 0) is 38.0 Å². The number of carbonyl (C=O) groups is 2. The summed E-state index contributed by atoms with van der Waals surface area (Å²) in [7, 11) is 0. The highest BCUT2D eigenvalue weighted by atomic mass is 16.4. The van der Waals surface area contributed by atoms with Gasteiger partial charge in [0.05, 0.1) is 11.0 Å². The second kappa shape index (κ2) is 4.19. The van der Waals surface area contributed by atoms with E-state index >= 15 is 0 Å². The van der Waals surface area contributed by atoms with Crippen molar-refractivity contribution < 1.29 is 14.7 Å². The van der Waals surface area contributed by atoms with Crippen LogP contribution in [0.3, 0.4) is 0 Å². The molecule has 1 aromatic heterocycles. The van der Waals surface area contributed by atoms with Crippen LogP contribution < -0.4 is 0 Å². The molecule has 5 nitrogen and oxygen atoms in total. The highest BCUT2D eigenvalue weighted by Crippen LogP contribution is 2.40. The molecule has 0 atom stereocenters. The van der Waals surface area contributed by atoms with Crippen molar-refractivity contribution in [2.75, 3.05) is 0 Å². The molecule has 0 bridgehead atoms. The van der Waals surface area contributed by atoms with Gasteiger partial charge in [0.25, 0.3) is 0 Å². The lowest BCUT2D eigenvalue weighted by atomic mass is 10.1. The number of Topliss-reactive ketones (excluding diaryl/α,β-unsaturated/α-hetero) is 1. The summed E-state index contributed by atoms with van der Waals surface area (Å²) in [5.41, 5.74) is 2.10. The summed E-state index contributed by atoms with van der Waals surface area (Å²) < 4.78 is 1.75. The Morgan fingerprint density at radius 3 is 2.74 bits per heavy atom. The van der Waals surface area contributed by atoms with Gasteiger partial charge < -0.3 is 9.67 Å². The molecule has 0 unspecified atom stereocenters. The predicted molar refractivity (Wildman–Crippen MR) is 69.3 cm³/mol. The van der Waals surface area contributed by atoms with E-state index in [9.17, 15) is 9.59 Å². The summed E-state index contributed by atoms with van der Waals surface area (Å²) in [5, 5.41) is 9.01. The number of nitrogens with zero attached hydrogens (tertiary/aromatic N) is 2. The lowest BCUT2D eigenvalue weighted by Gasteiger charge is -2.05. The third kappa shape index (κ3) is 2.12. The van der Waals surface area contributed by atoms with E-state index in [-0.39, 0.29) is 12.3 Å². The maximum Gasteiger partial charge on any atom is 0.323 e. The number of aromatic nitrogens is 2. The van der Waals surface area contributed by atoms with Crippen LogP contribution in [0.1, 0.15) is 41.9 Å². The lowest BCUT2D eigenvalue weighted by molar-refractivity contribution is -0.137. The largest absolute Gasteiger partial charge is 0.480 e. The maximum atomic E-state index is 11.4. The van der Waals surface area contributed by atoms with Crippen molar-refractivity contribution in [2.24, 2.45) is 0 Å². The molecular weight excluding hydrogens is 244 g/mol. The average Bonchev–Trinajstić information content (AvgIpc) is 3.13. The third-order valence-corrected chi connectivity index (χ3v) is 3.42. The van der Waals surface area contributed by atoms with E-state index < -0.39 is 5.97 Å². The molecule has 98 valence electrons. The third-order valence-electron chi connectivity index (χ3n) is 3.42. The predicted octanol–water partition coefficient (Wildman–Crippen LogP) is 2.20. The number of carbonyl (C=O) groups excluding carboxylic acids is 1. The van der Waals surface area contributed by atoms with Crippen molar-refractivity contribution in [1.29, 1.82) is 0 Å². The monoisotopic (exact) mass is 258 g/mol. The Kier molecular flexibility index (Phi) is 2.62. The number of fused-ring (bicyclic) bond motifs is 1. The highest BCUT2D eigenvalue weighted by molar-refractivity contribution is 5.97. The first-order chi connectivity index (χ1) is 9.06. The van der Waals surface area contributed by atoms with Crippen LogP contribution >= 0.6 is 0 Å². The smallest absolute Gasteiger partial charge is 0.323 e. The fourth-order valence-electron chi connectivity index (χ4n) is 2.32. The van der Waals surface area contributed by atoms with Crippen LogP contribution in [-0.4, -0.2) is 26.4 Å². The van der Waals surface area contributed by atoms with E-state index in [1.165, 1.54) is 6.92 Å². The quantitative estimate of drug-likeness (QED) is 0.853. The van der Waals surface area contributed by atoms with Crippen molar-refractivity contribution in [1.82, 2.24) is 9.55 Å². The zero-order valence-electron chi connectivity index (χ0n) is 10.6. The van der Waals surface area contributed by atoms with Crippen LogP contribution in [0.2, 0.25) is 0 Å². The van der Waals surface area contributed by atoms with Gasteiger partial charge in [0.1, 0.15) is 12.4 Å². The molecular formula is C14H14N2O3. The van der Waals surface area contributed by atoms with Crippen molar-refractivity contribution >= 4 is 22.8 Å². The minimum Gasteiger partial charge on any atom is -0.480 e. The summed E-state index contributed by atoms with van der Waals surface area (Å²) >= 11 is 0. The van der Waals surface area contributed by atoms with Gasteiger partial charge in [-0.3, -0.25) is 9.59 Å². The van der Waals surface area contributed by atoms with Gasteiger partial charge in [-0.15, -0.1) is 0 Å². The summed E-state index contributed by atoms with van der Waals surface area (Å²) in [5.74, 6) is 0.310. The van der Waals surface area contributed by atoms with E-state index in [0.717, 1.165) is 24.2 Å². The normalized spacial score (nSPS) is 14.8. The van der Waals surface area contributed by atoms with Crippen LogP contribution in [-0.2, 0) is 11.3 Å². The second-order valence-electron chi connectivity index (χ2n) is 4.98. The number of rotatable bonds is 4. The number of carboxylic acids is 1. The van der Waals surface area contributed by atoms with E-state index in [1.54, 1.807) is 22.8 Å². The molecule has 1 saturated carbocycles. The summed E-state index contributed by atoms with van der Waals surface area (Å²) in [6.07, 6.45) is 2.12. The molecule has 0 aliphatic heterocycles. The Bertz CT molecular complexity index is 683. The van der Waals surface area contributed by atoms with Crippen LogP contribution in [0, 0.1) is 0 Å². The zero-order chi connectivity index (χ0) is 13.6. The van der Waals surface area contributed by atoms with Gasteiger partial charge in [-0.1, -0.05) is 0 Å². The van der Waals surface area contributed by atoms with Crippen LogP contribution in [0.15, 0.2) is 18.2 Å². The molecule has 5 heteroatoms.